The van der Waals surface area contributed by atoms with Gasteiger partial charge < -0.3 is 4.74 Å². The number of hydrogen-bond donors (Lipinski definition) is 0. The smallest absolute Gasteiger partial charge is 0.109 e. The van der Waals surface area contributed by atoms with Crippen molar-refractivity contribution in [2.24, 2.45) is 0 Å². The number of benzene rings is 4. The summed E-state index contributed by atoms with van der Waals surface area (Å²) in [5.74, 6) is 0. The van der Waals surface area contributed by atoms with Crippen LogP contribution >= 0.6 is 0 Å². The van der Waals surface area contributed by atoms with Crippen molar-refractivity contribution in [1.29, 1.82) is 0 Å². The van der Waals surface area contributed by atoms with Crippen LogP contribution in [0.2, 0.25) is 0 Å². The van der Waals surface area contributed by atoms with E-state index in [1.54, 1.807) is 0 Å². The van der Waals surface area contributed by atoms with Crippen LogP contribution in [0.15, 0.2) is 91.0 Å². The van der Waals surface area contributed by atoms with Gasteiger partial charge in [0.25, 0.3) is 0 Å². The highest BCUT2D eigenvalue weighted by Crippen LogP contribution is 2.42. The molecule has 0 amide bonds. The van der Waals surface area contributed by atoms with E-state index in [9.17, 15) is 0 Å². The molecule has 0 aromatic heterocycles. The number of aryl methyl sites for hydroxylation is 2. The number of rotatable bonds is 2. The van der Waals surface area contributed by atoms with Gasteiger partial charge in [-0.25, -0.2) is 0 Å². The Balaban J connectivity index is 1.71. The number of ether oxygens (including phenoxy) is 1. The van der Waals surface area contributed by atoms with Crippen molar-refractivity contribution in [2.45, 2.75) is 26.6 Å². The van der Waals surface area contributed by atoms with E-state index < -0.39 is 0 Å². The molecule has 1 nitrogen and oxygen atoms in total. The van der Waals surface area contributed by atoms with Crippen LogP contribution in [-0.2, 0) is 11.3 Å². The highest BCUT2D eigenvalue weighted by Gasteiger charge is 2.25. The predicted molar refractivity (Wildman–Crippen MR) is 120 cm³/mol. The zero-order chi connectivity index (χ0) is 19.8. The highest BCUT2D eigenvalue weighted by atomic mass is 16.5. The lowest BCUT2D eigenvalue weighted by atomic mass is 9.88. The molecule has 1 heterocycles. The van der Waals surface area contributed by atoms with Crippen LogP contribution in [0, 0.1) is 13.8 Å². The van der Waals surface area contributed by atoms with E-state index in [0.717, 1.165) is 0 Å². The maximum Gasteiger partial charge on any atom is 0.109 e. The third-order valence-electron chi connectivity index (χ3n) is 5.74. The quantitative estimate of drug-likeness (QED) is 0.358. The molecule has 0 bridgehead atoms. The highest BCUT2D eigenvalue weighted by molar-refractivity contribution is 5.81. The minimum atomic E-state index is -0.0631. The molecule has 1 aliphatic rings. The summed E-state index contributed by atoms with van der Waals surface area (Å²) >= 11 is 0. The lowest BCUT2D eigenvalue weighted by Crippen LogP contribution is -2.05. The van der Waals surface area contributed by atoms with Crippen molar-refractivity contribution >= 4 is 0 Å². The largest absolute Gasteiger partial charge is 0.364 e. The first-order valence-electron chi connectivity index (χ1n) is 10.2. The molecule has 29 heavy (non-hydrogen) atoms. The predicted octanol–water partition coefficient (Wildman–Crippen LogP) is 7.26. The fraction of sp³-hybridized carbons (Fsp3) is 0.143. The van der Waals surface area contributed by atoms with Gasteiger partial charge in [0.15, 0.2) is 0 Å². The van der Waals surface area contributed by atoms with E-state index >= 15 is 0 Å². The third kappa shape index (κ3) is 3.28. The Morgan fingerprint density at radius 3 is 2.10 bits per heavy atom. The second-order valence-corrected chi connectivity index (χ2v) is 7.90. The van der Waals surface area contributed by atoms with Crippen molar-refractivity contribution in [3.05, 3.63) is 119 Å². The van der Waals surface area contributed by atoms with Crippen LogP contribution in [0.4, 0.5) is 0 Å². The van der Waals surface area contributed by atoms with Crippen LogP contribution < -0.4 is 0 Å². The average molecular weight is 376 g/mol. The molecule has 5 rings (SSSR count). The molecule has 0 saturated carbocycles. The molecule has 0 N–H and O–H groups in total. The normalized spacial score (nSPS) is 15.3. The Kier molecular flexibility index (Phi) is 4.54. The summed E-state index contributed by atoms with van der Waals surface area (Å²) in [4.78, 5) is 0. The van der Waals surface area contributed by atoms with E-state index in [4.69, 9.17) is 4.74 Å². The fourth-order valence-electron chi connectivity index (χ4n) is 4.53. The monoisotopic (exact) mass is 376 g/mol. The SMILES string of the molecule is Cc1cc(C)cc(-c2cccc3c2COC(c2ccccc2)c2ccccc2-3)c1. The lowest BCUT2D eigenvalue weighted by molar-refractivity contribution is 0.0695. The topological polar surface area (TPSA) is 9.23 Å². The third-order valence-corrected chi connectivity index (χ3v) is 5.74. The molecule has 1 aliphatic heterocycles. The molecule has 0 radical (unpaired) electrons. The van der Waals surface area contributed by atoms with Gasteiger partial charge in [0.05, 0.1) is 6.61 Å². The summed E-state index contributed by atoms with van der Waals surface area (Å²) in [6, 6.07) is 32.6. The van der Waals surface area contributed by atoms with Gasteiger partial charge in [0, 0.05) is 0 Å². The molecule has 1 heteroatoms. The molecule has 0 aliphatic carbocycles. The van der Waals surface area contributed by atoms with E-state index in [2.05, 4.69) is 105 Å². The number of hydrogen-bond acceptors (Lipinski definition) is 1. The van der Waals surface area contributed by atoms with Crippen LogP contribution in [0.1, 0.15) is 33.9 Å². The zero-order valence-corrected chi connectivity index (χ0v) is 16.9. The molecule has 4 aromatic rings. The summed E-state index contributed by atoms with van der Waals surface area (Å²) in [6.07, 6.45) is -0.0631. The Morgan fingerprint density at radius 2 is 1.31 bits per heavy atom. The minimum Gasteiger partial charge on any atom is -0.364 e. The van der Waals surface area contributed by atoms with Crippen LogP contribution in [0.3, 0.4) is 0 Å². The molecular formula is C28H24O. The summed E-state index contributed by atoms with van der Waals surface area (Å²) in [6.45, 7) is 4.91. The number of fused-ring (bicyclic) bond motifs is 3. The van der Waals surface area contributed by atoms with Crippen LogP contribution in [0.25, 0.3) is 22.3 Å². The van der Waals surface area contributed by atoms with Crippen molar-refractivity contribution in [2.75, 3.05) is 0 Å². The minimum absolute atomic E-state index is 0.0631. The van der Waals surface area contributed by atoms with Gasteiger partial charge >= 0.3 is 0 Å². The lowest BCUT2D eigenvalue weighted by Gasteiger charge is -2.18. The molecule has 0 saturated heterocycles. The summed E-state index contributed by atoms with van der Waals surface area (Å²) in [7, 11) is 0. The second kappa shape index (κ2) is 7.35. The summed E-state index contributed by atoms with van der Waals surface area (Å²) < 4.78 is 6.56. The molecular weight excluding hydrogens is 352 g/mol. The van der Waals surface area contributed by atoms with Gasteiger partial charge in [0.1, 0.15) is 6.10 Å². The van der Waals surface area contributed by atoms with E-state index in [0.29, 0.717) is 6.61 Å². The maximum atomic E-state index is 6.56. The first kappa shape index (κ1) is 17.9. The molecule has 1 atom stereocenters. The van der Waals surface area contributed by atoms with E-state index in [-0.39, 0.29) is 6.10 Å². The van der Waals surface area contributed by atoms with E-state index in [1.807, 2.05) is 0 Å². The fourth-order valence-corrected chi connectivity index (χ4v) is 4.53. The Morgan fingerprint density at radius 1 is 0.655 bits per heavy atom. The van der Waals surface area contributed by atoms with Gasteiger partial charge in [-0.3, -0.25) is 0 Å². The average Bonchev–Trinajstić information content (AvgIpc) is 2.91. The van der Waals surface area contributed by atoms with Gasteiger partial charge in [0.2, 0.25) is 0 Å². The van der Waals surface area contributed by atoms with Crippen molar-refractivity contribution in [1.82, 2.24) is 0 Å². The van der Waals surface area contributed by atoms with Crippen molar-refractivity contribution in [3.63, 3.8) is 0 Å². The summed E-state index contributed by atoms with van der Waals surface area (Å²) in [5, 5.41) is 0. The first-order valence-corrected chi connectivity index (χ1v) is 10.2. The molecule has 0 fully saturated rings. The van der Waals surface area contributed by atoms with Gasteiger partial charge in [-0.05, 0) is 52.8 Å². The van der Waals surface area contributed by atoms with Gasteiger partial charge in [-0.1, -0.05) is 102 Å². The van der Waals surface area contributed by atoms with Crippen LogP contribution in [0.5, 0.6) is 0 Å². The maximum absolute atomic E-state index is 6.56. The Labute approximate surface area is 172 Å². The van der Waals surface area contributed by atoms with Crippen molar-refractivity contribution in [3.8, 4) is 22.3 Å². The molecule has 142 valence electrons. The first-order chi connectivity index (χ1) is 14.2. The Bertz CT molecular complexity index is 1150. The van der Waals surface area contributed by atoms with E-state index in [1.165, 1.54) is 50.1 Å². The van der Waals surface area contributed by atoms with Crippen molar-refractivity contribution < 1.29 is 4.74 Å². The summed E-state index contributed by atoms with van der Waals surface area (Å²) in [5.41, 5.74) is 11.3. The van der Waals surface area contributed by atoms with Gasteiger partial charge in [-0.2, -0.15) is 0 Å². The second-order valence-electron chi connectivity index (χ2n) is 7.90. The Hall–Kier alpha value is -3.16. The molecule has 1 unspecified atom stereocenters. The van der Waals surface area contributed by atoms with Gasteiger partial charge in [-0.15, -0.1) is 0 Å². The standard InChI is InChI=1S/C28H24O/c1-19-15-20(2)17-22(16-19)23-13-8-14-25-24-11-6-7-12-26(24)28(29-18-27(23)25)21-9-4-3-5-10-21/h3-17,28H,18H2,1-2H3. The zero-order valence-electron chi connectivity index (χ0n) is 16.9. The molecule has 4 aromatic carbocycles. The van der Waals surface area contributed by atoms with Crippen LogP contribution in [-0.4, -0.2) is 0 Å². The molecule has 0 spiro atoms.